The van der Waals surface area contributed by atoms with Crippen LogP contribution in [0.25, 0.3) is 6.08 Å². The molecule has 1 N–H and O–H groups in total. The van der Waals surface area contributed by atoms with Crippen LogP contribution < -0.4 is 15.0 Å². The van der Waals surface area contributed by atoms with Crippen LogP contribution >= 0.6 is 11.6 Å². The molecule has 0 spiro atoms. The largest absolute Gasteiger partial charge is 0.493 e. The number of benzene rings is 2. The first kappa shape index (κ1) is 22.5. The number of halogens is 2. The average molecular weight is 445 g/mol. The van der Waals surface area contributed by atoms with Crippen LogP contribution in [0.15, 0.2) is 48.0 Å². The number of rotatable bonds is 8. The first-order valence-electron chi connectivity index (χ1n) is 10.00. The minimum atomic E-state index is -0.905. The zero-order valence-corrected chi connectivity index (χ0v) is 17.7. The van der Waals surface area contributed by atoms with E-state index in [9.17, 15) is 18.8 Å². The van der Waals surface area contributed by atoms with Crippen molar-refractivity contribution in [2.75, 3.05) is 11.5 Å². The molecule has 1 aliphatic rings. The molecule has 0 aliphatic carbocycles. The summed E-state index contributed by atoms with van der Waals surface area (Å²) < 4.78 is 19.1. The molecule has 31 heavy (non-hydrogen) atoms. The second-order valence-corrected chi connectivity index (χ2v) is 7.46. The molecule has 1 fully saturated rings. The first-order chi connectivity index (χ1) is 14.9. The number of nitrogens with zero attached hydrogens (tertiary/aromatic N) is 1. The smallest absolute Gasteiger partial charge is 0.335 e. The van der Waals surface area contributed by atoms with E-state index in [0.29, 0.717) is 22.9 Å². The minimum absolute atomic E-state index is 0.140. The number of hydrogen-bond donors (Lipinski definition) is 1. The summed E-state index contributed by atoms with van der Waals surface area (Å²) in [6.45, 7) is 2.61. The Bertz CT molecular complexity index is 1020. The van der Waals surface area contributed by atoms with E-state index < -0.39 is 23.7 Å². The lowest BCUT2D eigenvalue weighted by atomic mass is 10.1. The second-order valence-electron chi connectivity index (χ2n) is 7.03. The number of imide groups is 2. The highest BCUT2D eigenvalue weighted by molar-refractivity contribution is 6.39. The molecule has 1 heterocycles. The molecule has 2 aromatic carbocycles. The Morgan fingerprint density at radius 2 is 1.81 bits per heavy atom. The highest BCUT2D eigenvalue weighted by atomic mass is 35.5. The van der Waals surface area contributed by atoms with Gasteiger partial charge in [0.05, 0.1) is 12.3 Å². The molecule has 0 radical (unpaired) electrons. The molecule has 0 atom stereocenters. The van der Waals surface area contributed by atoms with Crippen molar-refractivity contribution in [3.63, 3.8) is 0 Å². The summed E-state index contributed by atoms with van der Waals surface area (Å²) in [5.74, 6) is -1.70. The number of unbranched alkanes of at least 4 members (excludes halogenated alkanes) is 3. The van der Waals surface area contributed by atoms with Crippen LogP contribution in [-0.2, 0) is 9.59 Å². The summed E-state index contributed by atoms with van der Waals surface area (Å²) in [6, 6.07) is 8.81. The standard InChI is InChI=1S/C23H22ClFN2O4/c1-2-3-4-5-12-31-20-11-6-16(24)13-15(20)14-19-21(28)26-23(30)27(22(19)29)18-9-7-17(25)8-10-18/h6-11,13-14H,2-5,12H2,1H3,(H,26,28,30)/b19-14+. The number of carbonyl (C=O) groups excluding carboxylic acids is 3. The fourth-order valence-electron chi connectivity index (χ4n) is 3.11. The summed E-state index contributed by atoms with van der Waals surface area (Å²) in [7, 11) is 0. The van der Waals surface area contributed by atoms with Crippen molar-refractivity contribution in [2.24, 2.45) is 0 Å². The lowest BCUT2D eigenvalue weighted by Crippen LogP contribution is -2.54. The zero-order chi connectivity index (χ0) is 22.4. The highest BCUT2D eigenvalue weighted by Gasteiger charge is 2.37. The van der Waals surface area contributed by atoms with Gasteiger partial charge in [-0.25, -0.2) is 14.1 Å². The molecule has 8 heteroatoms. The van der Waals surface area contributed by atoms with E-state index in [-0.39, 0.29) is 11.3 Å². The van der Waals surface area contributed by atoms with Crippen LogP contribution in [0.1, 0.15) is 38.2 Å². The van der Waals surface area contributed by atoms with Gasteiger partial charge in [-0.1, -0.05) is 37.8 Å². The quantitative estimate of drug-likeness (QED) is 0.349. The van der Waals surface area contributed by atoms with E-state index in [1.54, 1.807) is 18.2 Å². The van der Waals surface area contributed by atoms with E-state index in [2.05, 4.69) is 12.2 Å². The molecular formula is C23H22ClFN2O4. The minimum Gasteiger partial charge on any atom is -0.493 e. The number of hydrogen-bond acceptors (Lipinski definition) is 4. The van der Waals surface area contributed by atoms with E-state index >= 15 is 0 Å². The van der Waals surface area contributed by atoms with Crippen molar-refractivity contribution >= 4 is 41.2 Å². The molecular weight excluding hydrogens is 423 g/mol. The van der Waals surface area contributed by atoms with E-state index in [0.717, 1.165) is 42.7 Å². The molecule has 0 saturated carbocycles. The van der Waals surface area contributed by atoms with Gasteiger partial charge in [-0.15, -0.1) is 0 Å². The van der Waals surface area contributed by atoms with Gasteiger partial charge >= 0.3 is 6.03 Å². The zero-order valence-electron chi connectivity index (χ0n) is 17.0. The van der Waals surface area contributed by atoms with Crippen molar-refractivity contribution in [3.8, 4) is 5.75 Å². The molecule has 4 amide bonds. The predicted octanol–water partition coefficient (Wildman–Crippen LogP) is 5.10. The maximum atomic E-state index is 13.2. The molecule has 2 aromatic rings. The number of carbonyl (C=O) groups is 3. The normalized spacial score (nSPS) is 15.4. The Morgan fingerprint density at radius 3 is 2.52 bits per heavy atom. The first-order valence-corrected chi connectivity index (χ1v) is 10.4. The van der Waals surface area contributed by atoms with Crippen LogP contribution in [0.2, 0.25) is 5.02 Å². The van der Waals surface area contributed by atoms with Gasteiger partial charge in [0.2, 0.25) is 0 Å². The molecule has 1 aliphatic heterocycles. The topological polar surface area (TPSA) is 75.7 Å². The van der Waals surface area contributed by atoms with Gasteiger partial charge in [0, 0.05) is 10.6 Å². The van der Waals surface area contributed by atoms with Crippen molar-refractivity contribution < 1.29 is 23.5 Å². The molecule has 0 unspecified atom stereocenters. The van der Waals surface area contributed by atoms with Crippen LogP contribution in [-0.4, -0.2) is 24.5 Å². The number of ether oxygens (including phenoxy) is 1. The maximum Gasteiger partial charge on any atom is 0.335 e. The molecule has 6 nitrogen and oxygen atoms in total. The lowest BCUT2D eigenvalue weighted by molar-refractivity contribution is -0.122. The van der Waals surface area contributed by atoms with Gasteiger partial charge in [0.25, 0.3) is 11.8 Å². The van der Waals surface area contributed by atoms with Crippen molar-refractivity contribution in [1.82, 2.24) is 5.32 Å². The molecule has 162 valence electrons. The highest BCUT2D eigenvalue weighted by Crippen LogP contribution is 2.28. The Morgan fingerprint density at radius 1 is 1.06 bits per heavy atom. The fourth-order valence-corrected chi connectivity index (χ4v) is 3.29. The summed E-state index contributed by atoms with van der Waals surface area (Å²) in [4.78, 5) is 38.4. The number of anilines is 1. The summed E-state index contributed by atoms with van der Waals surface area (Å²) in [6.07, 6.45) is 5.48. The monoisotopic (exact) mass is 444 g/mol. The molecule has 0 bridgehead atoms. The van der Waals surface area contributed by atoms with Crippen LogP contribution in [0, 0.1) is 5.82 Å². The number of urea groups is 1. The Balaban J connectivity index is 1.89. The van der Waals surface area contributed by atoms with Gasteiger partial charge < -0.3 is 4.74 Å². The number of barbiturate groups is 1. The van der Waals surface area contributed by atoms with Crippen molar-refractivity contribution in [2.45, 2.75) is 32.6 Å². The Labute approximate surface area is 184 Å². The third-order valence-electron chi connectivity index (χ3n) is 4.71. The predicted molar refractivity (Wildman–Crippen MR) is 116 cm³/mol. The number of amides is 4. The van der Waals surface area contributed by atoms with E-state index in [1.165, 1.54) is 18.2 Å². The summed E-state index contributed by atoms with van der Waals surface area (Å²) in [5, 5.41) is 2.54. The van der Waals surface area contributed by atoms with Crippen molar-refractivity contribution in [3.05, 3.63) is 64.4 Å². The molecule has 0 aromatic heterocycles. The van der Waals surface area contributed by atoms with Crippen LogP contribution in [0.4, 0.5) is 14.9 Å². The Kier molecular flexibility index (Phi) is 7.41. The summed E-state index contributed by atoms with van der Waals surface area (Å²) >= 11 is 6.10. The van der Waals surface area contributed by atoms with Crippen LogP contribution in [0.3, 0.4) is 0 Å². The van der Waals surface area contributed by atoms with Crippen molar-refractivity contribution in [1.29, 1.82) is 0 Å². The van der Waals surface area contributed by atoms with Gasteiger partial charge in [0.15, 0.2) is 0 Å². The third kappa shape index (κ3) is 5.49. The van der Waals surface area contributed by atoms with Gasteiger partial charge in [-0.05, 0) is 55.0 Å². The average Bonchev–Trinajstić information content (AvgIpc) is 2.73. The summed E-state index contributed by atoms with van der Waals surface area (Å²) in [5.41, 5.74) is 0.317. The molecule has 1 saturated heterocycles. The van der Waals surface area contributed by atoms with Gasteiger partial charge in [-0.2, -0.15) is 0 Å². The SMILES string of the molecule is CCCCCCOc1ccc(Cl)cc1/C=C1\C(=O)NC(=O)N(c2ccc(F)cc2)C1=O. The van der Waals surface area contributed by atoms with Gasteiger partial charge in [0.1, 0.15) is 17.1 Å². The Hall–Kier alpha value is -3.19. The van der Waals surface area contributed by atoms with Gasteiger partial charge in [-0.3, -0.25) is 14.9 Å². The maximum absolute atomic E-state index is 13.2. The fraction of sp³-hybridized carbons (Fsp3) is 0.261. The third-order valence-corrected chi connectivity index (χ3v) is 4.95. The van der Waals surface area contributed by atoms with E-state index in [1.807, 2.05) is 0 Å². The number of nitrogens with one attached hydrogen (secondary N) is 1. The van der Waals surface area contributed by atoms with Crippen LogP contribution in [0.5, 0.6) is 5.75 Å². The second kappa shape index (κ2) is 10.2. The lowest BCUT2D eigenvalue weighted by Gasteiger charge is -2.26. The molecule has 3 rings (SSSR count). The van der Waals surface area contributed by atoms with E-state index in [4.69, 9.17) is 16.3 Å².